The summed E-state index contributed by atoms with van der Waals surface area (Å²) in [7, 11) is 0. The maximum absolute atomic E-state index is 12.3. The zero-order valence-electron chi connectivity index (χ0n) is 11.1. The number of hydrogen-bond acceptors (Lipinski definition) is 4. The summed E-state index contributed by atoms with van der Waals surface area (Å²) in [6.07, 6.45) is 4.24. The maximum atomic E-state index is 12.3. The Morgan fingerprint density at radius 2 is 1.80 bits per heavy atom. The number of aromatic amines is 1. The monoisotopic (exact) mass is 280 g/mol. The van der Waals surface area contributed by atoms with Gasteiger partial charge in [0.05, 0.1) is 0 Å². The number of carbonyl (C=O) groups excluding carboxylic acids is 1. The lowest BCUT2D eigenvalue weighted by molar-refractivity contribution is 0.0683. The predicted molar refractivity (Wildman–Crippen MR) is 70.4 cm³/mol. The summed E-state index contributed by atoms with van der Waals surface area (Å²) in [6, 6.07) is -0.263. The van der Waals surface area contributed by atoms with Crippen molar-refractivity contribution < 1.29 is 14.7 Å². The quantitative estimate of drug-likeness (QED) is 0.801. The van der Waals surface area contributed by atoms with Crippen LogP contribution in [0.15, 0.2) is 9.59 Å². The summed E-state index contributed by atoms with van der Waals surface area (Å²) in [5.41, 5.74) is -2.64. The highest BCUT2D eigenvalue weighted by Crippen LogP contribution is 2.25. The van der Waals surface area contributed by atoms with E-state index in [9.17, 15) is 19.2 Å². The highest BCUT2D eigenvalue weighted by molar-refractivity contribution is 6.03. The molecule has 1 fully saturated rings. The number of carbonyl (C=O) groups is 2. The number of Topliss-reactive ketones (excluding diaryl/α,β-unsaturated/α-hetero) is 1. The number of nitrogens with one attached hydrogen (secondary N) is 1. The number of nitrogens with zero attached hydrogens (tertiary/aromatic N) is 1. The summed E-state index contributed by atoms with van der Waals surface area (Å²) in [5, 5.41) is 8.99. The molecule has 0 unspecified atom stereocenters. The number of aromatic carboxylic acids is 1. The molecule has 2 N–H and O–H groups in total. The van der Waals surface area contributed by atoms with Crippen LogP contribution in [-0.4, -0.2) is 26.4 Å². The first-order valence-corrected chi connectivity index (χ1v) is 6.56. The van der Waals surface area contributed by atoms with Gasteiger partial charge >= 0.3 is 11.7 Å². The van der Waals surface area contributed by atoms with Crippen molar-refractivity contribution in [3.63, 3.8) is 0 Å². The summed E-state index contributed by atoms with van der Waals surface area (Å²) >= 11 is 0. The third-order valence-corrected chi connectivity index (χ3v) is 3.64. The van der Waals surface area contributed by atoms with Crippen LogP contribution >= 0.6 is 0 Å². The fourth-order valence-electron chi connectivity index (χ4n) is 2.71. The van der Waals surface area contributed by atoms with E-state index in [0.29, 0.717) is 12.8 Å². The Kier molecular flexibility index (Phi) is 3.87. The first-order valence-electron chi connectivity index (χ1n) is 6.56. The molecule has 7 heteroatoms. The molecule has 1 aliphatic carbocycles. The first kappa shape index (κ1) is 14.2. The number of carboxylic acids is 1. The molecule has 0 atom stereocenters. The molecule has 0 bridgehead atoms. The second-order valence-corrected chi connectivity index (χ2v) is 5.01. The van der Waals surface area contributed by atoms with Gasteiger partial charge in [0, 0.05) is 6.04 Å². The number of carboxylic acid groups (broad SMARTS) is 1. The molecule has 1 aromatic rings. The molecule has 20 heavy (non-hydrogen) atoms. The van der Waals surface area contributed by atoms with Crippen LogP contribution in [-0.2, 0) is 0 Å². The smallest absolute Gasteiger partial charge is 0.353 e. The molecule has 0 aliphatic heterocycles. The van der Waals surface area contributed by atoms with E-state index in [2.05, 4.69) is 4.98 Å². The van der Waals surface area contributed by atoms with Gasteiger partial charge in [-0.3, -0.25) is 14.2 Å². The van der Waals surface area contributed by atoms with Gasteiger partial charge in [-0.2, -0.15) is 0 Å². The van der Waals surface area contributed by atoms with E-state index >= 15 is 0 Å². The standard InChI is InChI=1S/C13H16N2O5/c1-7(16)9-10(12(18)19)14-13(20)15(11(9)17)8-5-3-2-4-6-8/h8H,2-6H2,1H3,(H,14,20)(H,18,19). The molecule has 0 amide bonds. The number of H-pyrrole nitrogens is 1. The number of hydrogen-bond donors (Lipinski definition) is 2. The van der Waals surface area contributed by atoms with Crippen molar-refractivity contribution in [2.45, 2.75) is 45.1 Å². The van der Waals surface area contributed by atoms with Gasteiger partial charge in [0.1, 0.15) is 11.3 Å². The largest absolute Gasteiger partial charge is 0.477 e. The molecule has 1 saturated carbocycles. The molecular formula is C13H16N2O5. The number of aromatic nitrogens is 2. The fourth-order valence-corrected chi connectivity index (χ4v) is 2.71. The van der Waals surface area contributed by atoms with Gasteiger partial charge in [-0.25, -0.2) is 9.59 Å². The predicted octanol–water partition coefficient (Wildman–Crippen LogP) is 0.943. The summed E-state index contributed by atoms with van der Waals surface area (Å²) in [5.74, 6) is -2.14. The molecule has 0 radical (unpaired) electrons. The van der Waals surface area contributed by atoms with Gasteiger partial charge in [0.2, 0.25) is 0 Å². The Morgan fingerprint density at radius 3 is 2.30 bits per heavy atom. The highest BCUT2D eigenvalue weighted by atomic mass is 16.4. The minimum atomic E-state index is -1.49. The normalized spacial score (nSPS) is 16.1. The molecule has 1 aromatic heterocycles. The Hall–Kier alpha value is -2.18. The topological polar surface area (TPSA) is 109 Å². The first-order chi connectivity index (χ1) is 9.43. The number of ketones is 1. The molecule has 108 valence electrons. The average Bonchev–Trinajstić information content (AvgIpc) is 2.38. The third kappa shape index (κ3) is 2.43. The van der Waals surface area contributed by atoms with Crippen LogP contribution < -0.4 is 11.2 Å². The van der Waals surface area contributed by atoms with Gasteiger partial charge in [0.15, 0.2) is 5.78 Å². The zero-order chi connectivity index (χ0) is 14.9. The molecule has 0 spiro atoms. The van der Waals surface area contributed by atoms with Gasteiger partial charge in [0.25, 0.3) is 5.56 Å². The van der Waals surface area contributed by atoms with Gasteiger partial charge in [-0.1, -0.05) is 19.3 Å². The van der Waals surface area contributed by atoms with Crippen LogP contribution in [0.25, 0.3) is 0 Å². The number of rotatable bonds is 3. The van der Waals surface area contributed by atoms with Crippen molar-refractivity contribution in [1.82, 2.24) is 9.55 Å². The van der Waals surface area contributed by atoms with Crippen molar-refractivity contribution in [2.24, 2.45) is 0 Å². The second kappa shape index (κ2) is 5.44. The van der Waals surface area contributed by atoms with Crippen molar-refractivity contribution in [1.29, 1.82) is 0 Å². The Balaban J connectivity index is 2.68. The van der Waals surface area contributed by atoms with Crippen molar-refractivity contribution in [3.8, 4) is 0 Å². The average molecular weight is 280 g/mol. The molecular weight excluding hydrogens is 264 g/mol. The van der Waals surface area contributed by atoms with E-state index in [1.807, 2.05) is 0 Å². The van der Waals surface area contributed by atoms with E-state index in [1.54, 1.807) is 0 Å². The van der Waals surface area contributed by atoms with E-state index < -0.39 is 34.3 Å². The van der Waals surface area contributed by atoms with E-state index in [4.69, 9.17) is 5.11 Å². The molecule has 0 aromatic carbocycles. The molecule has 2 rings (SSSR count). The third-order valence-electron chi connectivity index (χ3n) is 3.64. The van der Waals surface area contributed by atoms with Gasteiger partial charge in [-0.05, 0) is 19.8 Å². The summed E-state index contributed by atoms with van der Waals surface area (Å²) in [6.45, 7) is 1.12. The van der Waals surface area contributed by atoms with Crippen LogP contribution in [0.3, 0.4) is 0 Å². The Labute approximate surface area is 114 Å². The van der Waals surface area contributed by atoms with Crippen LogP contribution in [0.2, 0.25) is 0 Å². The van der Waals surface area contributed by atoms with Crippen LogP contribution in [0.4, 0.5) is 0 Å². The summed E-state index contributed by atoms with van der Waals surface area (Å²) < 4.78 is 1.00. The highest BCUT2D eigenvalue weighted by Gasteiger charge is 2.26. The summed E-state index contributed by atoms with van der Waals surface area (Å²) in [4.78, 5) is 49.0. The Morgan fingerprint density at radius 1 is 1.20 bits per heavy atom. The lowest BCUT2D eigenvalue weighted by Gasteiger charge is -2.23. The van der Waals surface area contributed by atoms with Crippen LogP contribution in [0, 0.1) is 0 Å². The van der Waals surface area contributed by atoms with Crippen molar-refractivity contribution in [3.05, 3.63) is 32.1 Å². The molecule has 0 saturated heterocycles. The minimum absolute atomic E-state index is 0.263. The SMILES string of the molecule is CC(=O)c1c(C(=O)O)[nH]c(=O)n(C2CCCCC2)c1=O. The van der Waals surface area contributed by atoms with E-state index in [-0.39, 0.29) is 6.04 Å². The minimum Gasteiger partial charge on any atom is -0.477 e. The maximum Gasteiger partial charge on any atom is 0.353 e. The fraction of sp³-hybridized carbons (Fsp3) is 0.538. The van der Waals surface area contributed by atoms with E-state index in [0.717, 1.165) is 30.8 Å². The van der Waals surface area contributed by atoms with Gasteiger partial charge < -0.3 is 10.1 Å². The van der Waals surface area contributed by atoms with Gasteiger partial charge in [-0.15, -0.1) is 0 Å². The van der Waals surface area contributed by atoms with Crippen molar-refractivity contribution >= 4 is 11.8 Å². The lowest BCUT2D eigenvalue weighted by Crippen LogP contribution is -2.43. The zero-order valence-corrected chi connectivity index (χ0v) is 11.1. The van der Waals surface area contributed by atoms with Crippen LogP contribution in [0.5, 0.6) is 0 Å². The van der Waals surface area contributed by atoms with Crippen molar-refractivity contribution in [2.75, 3.05) is 0 Å². The molecule has 1 heterocycles. The lowest BCUT2D eigenvalue weighted by atomic mass is 9.95. The Bertz CT molecular complexity index is 664. The van der Waals surface area contributed by atoms with E-state index in [1.165, 1.54) is 0 Å². The van der Waals surface area contributed by atoms with Crippen LogP contribution in [0.1, 0.15) is 65.9 Å². The second-order valence-electron chi connectivity index (χ2n) is 5.01. The molecule has 7 nitrogen and oxygen atoms in total. The molecule has 1 aliphatic rings.